The number of aliphatic carboxylic acids is 1. The number of carboxylic acids is 1. The normalized spacial score (nSPS) is 12.1. The quantitative estimate of drug-likeness (QED) is 0.764. The zero-order chi connectivity index (χ0) is 11.3. The molecule has 1 aromatic rings. The molecule has 0 aromatic heterocycles. The highest BCUT2D eigenvalue weighted by atomic mass is 16.5. The maximum atomic E-state index is 10.6. The molecule has 0 fully saturated rings. The molecule has 0 spiro atoms. The van der Waals surface area contributed by atoms with Crippen LogP contribution in [0, 0.1) is 0 Å². The summed E-state index contributed by atoms with van der Waals surface area (Å²) in [6.45, 7) is 0.298. The van der Waals surface area contributed by atoms with E-state index in [0.717, 1.165) is 5.56 Å². The first kappa shape index (κ1) is 11.5. The summed E-state index contributed by atoms with van der Waals surface area (Å²) in [6, 6.07) is 7.35. The molecule has 0 aliphatic rings. The van der Waals surface area contributed by atoms with E-state index in [-0.39, 0.29) is 12.3 Å². The van der Waals surface area contributed by atoms with Crippen molar-refractivity contribution >= 4 is 5.97 Å². The summed E-state index contributed by atoms with van der Waals surface area (Å²) < 4.78 is 5.16. The van der Waals surface area contributed by atoms with Gasteiger partial charge in [-0.1, -0.05) is 18.2 Å². The average Bonchev–Trinajstić information content (AvgIpc) is 2.25. The highest BCUT2D eigenvalue weighted by Crippen LogP contribution is 2.27. The number of para-hydroxylation sites is 1. The second-order valence-corrected chi connectivity index (χ2v) is 3.27. The van der Waals surface area contributed by atoms with E-state index in [2.05, 4.69) is 0 Å². The molecule has 4 nitrogen and oxygen atoms in total. The minimum atomic E-state index is -0.851. The molecule has 0 aliphatic carbocycles. The third-order valence-electron chi connectivity index (χ3n) is 2.28. The number of hydrogen-bond acceptors (Lipinski definition) is 3. The number of ether oxygens (including phenoxy) is 1. The second-order valence-electron chi connectivity index (χ2n) is 3.27. The molecule has 4 heteroatoms. The molecule has 1 aromatic carbocycles. The topological polar surface area (TPSA) is 72.5 Å². The Morgan fingerprint density at radius 1 is 1.53 bits per heavy atom. The molecule has 0 aliphatic heterocycles. The molecule has 15 heavy (non-hydrogen) atoms. The van der Waals surface area contributed by atoms with Gasteiger partial charge in [0.15, 0.2) is 0 Å². The number of rotatable bonds is 5. The van der Waals surface area contributed by atoms with Gasteiger partial charge in [0.05, 0.1) is 13.5 Å². The second kappa shape index (κ2) is 5.36. The van der Waals surface area contributed by atoms with E-state index in [1.807, 2.05) is 18.2 Å². The Bertz CT molecular complexity index is 338. The van der Waals surface area contributed by atoms with Crippen LogP contribution in [0.4, 0.5) is 0 Å². The molecule has 0 radical (unpaired) electrons. The lowest BCUT2D eigenvalue weighted by Gasteiger charge is -2.15. The lowest BCUT2D eigenvalue weighted by Crippen LogP contribution is -2.16. The van der Waals surface area contributed by atoms with Gasteiger partial charge in [-0.25, -0.2) is 0 Å². The van der Waals surface area contributed by atoms with Crippen LogP contribution in [0.1, 0.15) is 17.9 Å². The summed E-state index contributed by atoms with van der Waals surface area (Å²) in [4.78, 5) is 10.6. The third-order valence-corrected chi connectivity index (χ3v) is 2.28. The number of carboxylic acid groups (broad SMARTS) is 1. The monoisotopic (exact) mass is 209 g/mol. The van der Waals surface area contributed by atoms with Crippen LogP contribution in [0.3, 0.4) is 0 Å². The van der Waals surface area contributed by atoms with Gasteiger partial charge in [0, 0.05) is 5.92 Å². The molecule has 0 saturated heterocycles. The van der Waals surface area contributed by atoms with Gasteiger partial charge in [0.25, 0.3) is 0 Å². The standard InChI is InChI=1S/C11H15NO3/c1-15-10-5-3-2-4-9(10)8(7-12)6-11(13)14/h2-5,8H,6-7,12H2,1H3,(H,13,14)/t8-/m0/s1. The van der Waals surface area contributed by atoms with Crippen molar-refractivity contribution in [3.63, 3.8) is 0 Å². The molecular weight excluding hydrogens is 194 g/mol. The van der Waals surface area contributed by atoms with Crippen molar-refractivity contribution in [2.24, 2.45) is 5.73 Å². The summed E-state index contributed by atoms with van der Waals surface area (Å²) >= 11 is 0. The van der Waals surface area contributed by atoms with Crippen molar-refractivity contribution in [3.8, 4) is 5.75 Å². The molecule has 0 heterocycles. The largest absolute Gasteiger partial charge is 0.496 e. The maximum absolute atomic E-state index is 10.6. The van der Waals surface area contributed by atoms with E-state index in [9.17, 15) is 4.79 Å². The van der Waals surface area contributed by atoms with Crippen molar-refractivity contribution in [3.05, 3.63) is 29.8 Å². The van der Waals surface area contributed by atoms with Crippen LogP contribution in [0.2, 0.25) is 0 Å². The van der Waals surface area contributed by atoms with Gasteiger partial charge >= 0.3 is 5.97 Å². The molecule has 1 atom stereocenters. The predicted molar refractivity (Wildman–Crippen MR) is 57.0 cm³/mol. The van der Waals surface area contributed by atoms with E-state index in [0.29, 0.717) is 12.3 Å². The van der Waals surface area contributed by atoms with Crippen LogP contribution < -0.4 is 10.5 Å². The molecule has 3 N–H and O–H groups in total. The van der Waals surface area contributed by atoms with Gasteiger partial charge in [-0.2, -0.15) is 0 Å². The predicted octanol–water partition coefficient (Wildman–Crippen LogP) is 1.21. The molecular formula is C11H15NO3. The highest BCUT2D eigenvalue weighted by Gasteiger charge is 2.17. The fourth-order valence-corrected chi connectivity index (χ4v) is 1.53. The first-order valence-corrected chi connectivity index (χ1v) is 4.73. The van der Waals surface area contributed by atoms with Crippen LogP contribution in [0.25, 0.3) is 0 Å². The van der Waals surface area contributed by atoms with Crippen LogP contribution in [0.5, 0.6) is 5.75 Å². The van der Waals surface area contributed by atoms with Crippen molar-refractivity contribution in [2.75, 3.05) is 13.7 Å². The van der Waals surface area contributed by atoms with Gasteiger partial charge in [-0.3, -0.25) is 4.79 Å². The Kier molecular flexibility index (Phi) is 4.12. The molecule has 0 saturated carbocycles. The van der Waals surface area contributed by atoms with Gasteiger partial charge in [-0.15, -0.1) is 0 Å². The molecule has 0 unspecified atom stereocenters. The Labute approximate surface area is 88.7 Å². The zero-order valence-electron chi connectivity index (χ0n) is 8.64. The number of carbonyl (C=O) groups is 1. The lowest BCUT2D eigenvalue weighted by molar-refractivity contribution is -0.137. The number of methoxy groups -OCH3 is 1. The van der Waals surface area contributed by atoms with Crippen molar-refractivity contribution in [2.45, 2.75) is 12.3 Å². The summed E-state index contributed by atoms with van der Waals surface area (Å²) in [7, 11) is 1.56. The van der Waals surface area contributed by atoms with E-state index in [1.54, 1.807) is 13.2 Å². The molecule has 0 amide bonds. The van der Waals surface area contributed by atoms with Crippen molar-refractivity contribution in [1.29, 1.82) is 0 Å². The molecule has 82 valence electrons. The average molecular weight is 209 g/mol. The minimum Gasteiger partial charge on any atom is -0.496 e. The van der Waals surface area contributed by atoms with Gasteiger partial charge < -0.3 is 15.6 Å². The minimum absolute atomic E-state index is 0.0247. The summed E-state index contributed by atoms with van der Waals surface area (Å²) in [5, 5.41) is 8.74. The van der Waals surface area contributed by atoms with E-state index >= 15 is 0 Å². The van der Waals surface area contributed by atoms with E-state index in [4.69, 9.17) is 15.6 Å². The first-order valence-electron chi connectivity index (χ1n) is 4.73. The Morgan fingerprint density at radius 2 is 2.20 bits per heavy atom. The summed E-state index contributed by atoms with van der Waals surface area (Å²) in [6.07, 6.45) is 0.0247. The fraction of sp³-hybridized carbons (Fsp3) is 0.364. The number of hydrogen-bond donors (Lipinski definition) is 2. The van der Waals surface area contributed by atoms with Gasteiger partial charge in [0.1, 0.15) is 5.75 Å². The summed E-state index contributed by atoms with van der Waals surface area (Å²) in [5.74, 6) is -0.357. The van der Waals surface area contributed by atoms with Crippen LogP contribution in [-0.2, 0) is 4.79 Å². The Hall–Kier alpha value is -1.55. The van der Waals surface area contributed by atoms with Crippen molar-refractivity contribution < 1.29 is 14.6 Å². The molecule has 0 bridgehead atoms. The fourth-order valence-electron chi connectivity index (χ4n) is 1.53. The summed E-state index contributed by atoms with van der Waals surface area (Å²) in [5.41, 5.74) is 6.41. The van der Waals surface area contributed by atoms with E-state index < -0.39 is 5.97 Å². The number of benzene rings is 1. The van der Waals surface area contributed by atoms with Gasteiger partial charge in [-0.05, 0) is 18.2 Å². The first-order chi connectivity index (χ1) is 7.19. The zero-order valence-corrected chi connectivity index (χ0v) is 8.64. The SMILES string of the molecule is COc1ccccc1[C@H](CN)CC(=O)O. The van der Waals surface area contributed by atoms with Crippen LogP contribution in [-0.4, -0.2) is 24.7 Å². The lowest BCUT2D eigenvalue weighted by atomic mass is 9.95. The maximum Gasteiger partial charge on any atom is 0.304 e. The Morgan fingerprint density at radius 3 is 2.73 bits per heavy atom. The van der Waals surface area contributed by atoms with Gasteiger partial charge in [0.2, 0.25) is 0 Å². The molecule has 1 rings (SSSR count). The van der Waals surface area contributed by atoms with E-state index in [1.165, 1.54) is 0 Å². The highest BCUT2D eigenvalue weighted by molar-refractivity contribution is 5.68. The van der Waals surface area contributed by atoms with Crippen LogP contribution >= 0.6 is 0 Å². The Balaban J connectivity index is 2.95. The van der Waals surface area contributed by atoms with Crippen LogP contribution in [0.15, 0.2) is 24.3 Å². The third kappa shape index (κ3) is 2.95. The smallest absolute Gasteiger partial charge is 0.304 e. The van der Waals surface area contributed by atoms with Crippen molar-refractivity contribution in [1.82, 2.24) is 0 Å². The number of nitrogens with two attached hydrogens (primary N) is 1.